The molecule has 0 spiro atoms. The number of para-hydroxylation sites is 2. The molecule has 2 heterocycles. The maximum atomic E-state index is 12.1. The standard InChI is InChI=1S/C13H10N4O/c1-2-8-7-9-12(17-16-8)14-10-5-3-4-6-11(10)15-13(9)18/h2-7H,1H2,(H,14,17)(H,15,18). The Labute approximate surface area is 104 Å². The van der Waals surface area contributed by atoms with Crippen molar-refractivity contribution >= 4 is 29.2 Å². The third-order valence-corrected chi connectivity index (χ3v) is 2.69. The largest absolute Gasteiger partial charge is 0.336 e. The topological polar surface area (TPSA) is 66.9 Å². The van der Waals surface area contributed by atoms with E-state index in [1.807, 2.05) is 24.3 Å². The van der Waals surface area contributed by atoms with Crippen LogP contribution in [0.2, 0.25) is 0 Å². The molecule has 1 aromatic heterocycles. The highest BCUT2D eigenvalue weighted by Crippen LogP contribution is 2.30. The van der Waals surface area contributed by atoms with Crippen LogP contribution in [0.1, 0.15) is 16.1 Å². The molecule has 88 valence electrons. The fraction of sp³-hybridized carbons (Fsp3) is 0. The van der Waals surface area contributed by atoms with E-state index in [0.29, 0.717) is 17.1 Å². The van der Waals surface area contributed by atoms with Crippen LogP contribution in [0.3, 0.4) is 0 Å². The van der Waals surface area contributed by atoms with E-state index in [-0.39, 0.29) is 5.91 Å². The minimum atomic E-state index is -0.208. The minimum absolute atomic E-state index is 0.208. The van der Waals surface area contributed by atoms with Crippen LogP contribution in [0.15, 0.2) is 36.9 Å². The Morgan fingerprint density at radius 2 is 1.83 bits per heavy atom. The zero-order valence-electron chi connectivity index (χ0n) is 9.47. The van der Waals surface area contributed by atoms with Gasteiger partial charge in [-0.15, -0.1) is 10.2 Å². The number of nitrogens with zero attached hydrogens (tertiary/aromatic N) is 2. The molecule has 1 aliphatic rings. The molecule has 0 bridgehead atoms. The van der Waals surface area contributed by atoms with Gasteiger partial charge in [0.15, 0.2) is 5.82 Å². The van der Waals surface area contributed by atoms with Crippen molar-refractivity contribution in [2.75, 3.05) is 10.6 Å². The van der Waals surface area contributed by atoms with Crippen molar-refractivity contribution in [1.82, 2.24) is 10.2 Å². The number of amides is 1. The van der Waals surface area contributed by atoms with Gasteiger partial charge in [-0.3, -0.25) is 4.79 Å². The normalized spacial score (nSPS) is 12.6. The van der Waals surface area contributed by atoms with Gasteiger partial charge in [0.25, 0.3) is 5.91 Å². The van der Waals surface area contributed by atoms with Crippen molar-refractivity contribution in [3.63, 3.8) is 0 Å². The van der Waals surface area contributed by atoms with Gasteiger partial charge in [-0.1, -0.05) is 18.7 Å². The van der Waals surface area contributed by atoms with E-state index in [9.17, 15) is 4.79 Å². The Morgan fingerprint density at radius 1 is 1.11 bits per heavy atom. The molecular weight excluding hydrogens is 228 g/mol. The van der Waals surface area contributed by atoms with Crippen molar-refractivity contribution in [3.05, 3.63) is 48.2 Å². The van der Waals surface area contributed by atoms with Crippen molar-refractivity contribution in [2.24, 2.45) is 0 Å². The summed E-state index contributed by atoms with van der Waals surface area (Å²) in [5.74, 6) is 0.239. The van der Waals surface area contributed by atoms with Gasteiger partial charge in [0.05, 0.1) is 22.6 Å². The zero-order chi connectivity index (χ0) is 12.5. The molecule has 3 rings (SSSR count). The first-order chi connectivity index (χ1) is 8.78. The van der Waals surface area contributed by atoms with Gasteiger partial charge in [0, 0.05) is 0 Å². The summed E-state index contributed by atoms with van der Waals surface area (Å²) in [6, 6.07) is 9.09. The Bertz CT molecular complexity index is 651. The molecule has 2 aromatic rings. The van der Waals surface area contributed by atoms with Crippen LogP contribution in [0.25, 0.3) is 6.08 Å². The van der Waals surface area contributed by atoms with Gasteiger partial charge in [-0.25, -0.2) is 0 Å². The number of carbonyl (C=O) groups excluding carboxylic acids is 1. The lowest BCUT2D eigenvalue weighted by molar-refractivity contribution is 0.102. The average molecular weight is 238 g/mol. The Morgan fingerprint density at radius 3 is 2.56 bits per heavy atom. The highest BCUT2D eigenvalue weighted by molar-refractivity contribution is 6.11. The molecular formula is C13H10N4O. The second kappa shape index (κ2) is 3.96. The smallest absolute Gasteiger partial charge is 0.259 e. The number of carbonyl (C=O) groups is 1. The van der Waals surface area contributed by atoms with E-state index in [2.05, 4.69) is 27.4 Å². The van der Waals surface area contributed by atoms with E-state index >= 15 is 0 Å². The number of hydrogen-bond acceptors (Lipinski definition) is 4. The maximum Gasteiger partial charge on any atom is 0.259 e. The number of rotatable bonds is 1. The van der Waals surface area contributed by atoms with Crippen LogP contribution >= 0.6 is 0 Å². The second-order valence-electron chi connectivity index (χ2n) is 3.86. The molecule has 1 amide bonds. The number of anilines is 3. The van der Waals surface area contributed by atoms with Gasteiger partial charge >= 0.3 is 0 Å². The number of nitrogens with one attached hydrogen (secondary N) is 2. The fourth-order valence-corrected chi connectivity index (χ4v) is 1.79. The minimum Gasteiger partial charge on any atom is -0.336 e. The molecule has 0 saturated carbocycles. The summed E-state index contributed by atoms with van der Waals surface area (Å²) in [4.78, 5) is 12.1. The Balaban J connectivity index is 2.15. The van der Waals surface area contributed by atoms with Crippen molar-refractivity contribution in [3.8, 4) is 0 Å². The monoisotopic (exact) mass is 238 g/mol. The predicted octanol–water partition coefficient (Wildman–Crippen LogP) is 2.43. The van der Waals surface area contributed by atoms with Crippen LogP contribution in [0, 0.1) is 0 Å². The van der Waals surface area contributed by atoms with Gasteiger partial charge in [-0.2, -0.15) is 0 Å². The average Bonchev–Trinajstić information content (AvgIpc) is 2.54. The van der Waals surface area contributed by atoms with Crippen molar-refractivity contribution in [1.29, 1.82) is 0 Å². The van der Waals surface area contributed by atoms with Crippen LogP contribution in [0.5, 0.6) is 0 Å². The Kier molecular flexibility index (Phi) is 2.30. The molecule has 18 heavy (non-hydrogen) atoms. The lowest BCUT2D eigenvalue weighted by atomic mass is 10.2. The van der Waals surface area contributed by atoms with Gasteiger partial charge < -0.3 is 10.6 Å². The molecule has 0 atom stereocenters. The molecule has 0 unspecified atom stereocenters. The van der Waals surface area contributed by atoms with E-state index in [1.165, 1.54) is 0 Å². The van der Waals surface area contributed by atoms with Crippen molar-refractivity contribution < 1.29 is 4.79 Å². The first kappa shape index (κ1) is 10.5. The van der Waals surface area contributed by atoms with Crippen LogP contribution < -0.4 is 10.6 Å². The summed E-state index contributed by atoms with van der Waals surface area (Å²) in [5.41, 5.74) is 2.54. The summed E-state index contributed by atoms with van der Waals surface area (Å²) >= 11 is 0. The molecule has 1 aromatic carbocycles. The predicted molar refractivity (Wildman–Crippen MR) is 69.8 cm³/mol. The van der Waals surface area contributed by atoms with Crippen molar-refractivity contribution in [2.45, 2.75) is 0 Å². The summed E-state index contributed by atoms with van der Waals surface area (Å²) in [7, 11) is 0. The second-order valence-corrected chi connectivity index (χ2v) is 3.86. The summed E-state index contributed by atoms with van der Waals surface area (Å²) in [6.07, 6.45) is 1.55. The van der Waals surface area contributed by atoms with Crippen LogP contribution in [-0.4, -0.2) is 16.1 Å². The van der Waals surface area contributed by atoms with Crippen LogP contribution in [0.4, 0.5) is 17.2 Å². The molecule has 5 heteroatoms. The summed E-state index contributed by atoms with van der Waals surface area (Å²) < 4.78 is 0. The lowest BCUT2D eigenvalue weighted by Gasteiger charge is -2.06. The summed E-state index contributed by atoms with van der Waals surface area (Å²) in [5, 5.41) is 13.9. The van der Waals surface area contributed by atoms with E-state index in [1.54, 1.807) is 12.1 Å². The molecule has 0 saturated heterocycles. The molecule has 0 fully saturated rings. The molecule has 0 aliphatic carbocycles. The third kappa shape index (κ3) is 1.62. The number of fused-ring (bicyclic) bond motifs is 2. The molecule has 2 N–H and O–H groups in total. The first-order valence-electron chi connectivity index (χ1n) is 5.45. The quantitative estimate of drug-likeness (QED) is 0.800. The van der Waals surface area contributed by atoms with Gasteiger partial charge in [0.1, 0.15) is 0 Å². The number of benzene rings is 1. The number of hydrogen-bond donors (Lipinski definition) is 2. The molecule has 0 radical (unpaired) electrons. The third-order valence-electron chi connectivity index (χ3n) is 2.69. The number of aromatic nitrogens is 2. The lowest BCUT2D eigenvalue weighted by Crippen LogP contribution is -2.12. The molecule has 1 aliphatic heterocycles. The summed E-state index contributed by atoms with van der Waals surface area (Å²) in [6.45, 7) is 3.61. The van der Waals surface area contributed by atoms with E-state index in [4.69, 9.17) is 0 Å². The SMILES string of the molecule is C=Cc1cc2c(nn1)Nc1ccccc1NC2=O. The fourth-order valence-electron chi connectivity index (χ4n) is 1.79. The van der Waals surface area contributed by atoms with Gasteiger partial charge in [0.2, 0.25) is 0 Å². The maximum absolute atomic E-state index is 12.1. The highest BCUT2D eigenvalue weighted by atomic mass is 16.1. The first-order valence-corrected chi connectivity index (χ1v) is 5.45. The van der Waals surface area contributed by atoms with Crippen LogP contribution in [-0.2, 0) is 0 Å². The Hall–Kier alpha value is -2.69. The van der Waals surface area contributed by atoms with E-state index in [0.717, 1.165) is 11.4 Å². The van der Waals surface area contributed by atoms with E-state index < -0.39 is 0 Å². The highest BCUT2D eigenvalue weighted by Gasteiger charge is 2.20. The zero-order valence-corrected chi connectivity index (χ0v) is 9.47. The molecule has 5 nitrogen and oxygen atoms in total. The van der Waals surface area contributed by atoms with Gasteiger partial charge in [-0.05, 0) is 24.3 Å².